The maximum atomic E-state index is 11.2. The summed E-state index contributed by atoms with van der Waals surface area (Å²) < 4.78 is 5.21. The number of likely N-dealkylation sites (N-methyl/N-ethyl adjacent to an activating group) is 1. The van der Waals surface area contributed by atoms with Crippen molar-refractivity contribution < 1.29 is 14.3 Å². The van der Waals surface area contributed by atoms with Crippen LogP contribution in [0, 0.1) is 6.92 Å². The predicted molar refractivity (Wildman–Crippen MR) is 65.3 cm³/mol. The Morgan fingerprint density at radius 1 is 1.53 bits per heavy atom. The number of ether oxygens (including phenoxy) is 1. The Morgan fingerprint density at radius 2 is 2.18 bits per heavy atom. The molecule has 0 saturated carbocycles. The van der Waals surface area contributed by atoms with Crippen molar-refractivity contribution in [3.63, 3.8) is 0 Å². The highest BCUT2D eigenvalue weighted by Crippen LogP contribution is 2.27. The Morgan fingerprint density at radius 3 is 2.71 bits per heavy atom. The number of amides is 1. The van der Waals surface area contributed by atoms with Crippen LogP contribution < -0.4 is 4.74 Å². The fraction of sp³-hybridized carbons (Fsp3) is 0.333. The number of carbonyl (C=O) groups excluding carboxylic acids is 2. The van der Waals surface area contributed by atoms with Crippen LogP contribution in [0.4, 0.5) is 0 Å². The van der Waals surface area contributed by atoms with Crippen molar-refractivity contribution in [3.8, 4) is 5.75 Å². The van der Waals surface area contributed by atoms with E-state index in [1.165, 1.54) is 4.90 Å². The van der Waals surface area contributed by atoms with E-state index in [0.717, 1.165) is 11.1 Å². The van der Waals surface area contributed by atoms with E-state index >= 15 is 0 Å². The minimum atomic E-state index is -0.580. The number of carbonyl (C=O) groups is 2. The molecule has 1 aromatic rings. The van der Waals surface area contributed by atoms with Gasteiger partial charge in [-0.1, -0.05) is 11.6 Å². The zero-order valence-electron chi connectivity index (χ0n) is 9.99. The second-order valence-electron chi connectivity index (χ2n) is 3.73. The Labute approximate surface area is 105 Å². The lowest BCUT2D eigenvalue weighted by molar-refractivity contribution is -0.138. The third kappa shape index (κ3) is 3.20. The van der Waals surface area contributed by atoms with E-state index in [4.69, 9.17) is 16.3 Å². The van der Waals surface area contributed by atoms with Gasteiger partial charge in [-0.15, -0.1) is 0 Å². The van der Waals surface area contributed by atoms with Gasteiger partial charge in [-0.3, -0.25) is 9.59 Å². The lowest BCUT2D eigenvalue weighted by Gasteiger charge is -2.17. The molecule has 5 heteroatoms. The molecule has 0 heterocycles. The second kappa shape index (κ2) is 5.68. The molecule has 0 atom stereocenters. The van der Waals surface area contributed by atoms with Crippen LogP contribution in [-0.2, 0) is 16.1 Å². The van der Waals surface area contributed by atoms with E-state index < -0.39 is 5.91 Å². The highest BCUT2D eigenvalue weighted by atomic mass is 35.5. The lowest BCUT2D eigenvalue weighted by Crippen LogP contribution is -2.27. The zero-order chi connectivity index (χ0) is 13.0. The average Bonchev–Trinajstić information content (AvgIpc) is 2.32. The number of rotatable bonds is 4. The first-order valence-corrected chi connectivity index (χ1v) is 5.40. The van der Waals surface area contributed by atoms with Crippen LogP contribution in [0.25, 0.3) is 0 Å². The molecule has 0 bridgehead atoms. The second-order valence-corrected chi connectivity index (χ2v) is 4.13. The molecule has 1 rings (SSSR count). The van der Waals surface area contributed by atoms with Crippen molar-refractivity contribution in [3.05, 3.63) is 28.3 Å². The van der Waals surface area contributed by atoms with E-state index in [1.54, 1.807) is 26.3 Å². The summed E-state index contributed by atoms with van der Waals surface area (Å²) in [5.74, 6) is 0.0706. The number of hydrogen-bond acceptors (Lipinski definition) is 3. The number of methoxy groups -OCH3 is 1. The molecule has 92 valence electrons. The van der Waals surface area contributed by atoms with Gasteiger partial charge in [-0.25, -0.2) is 0 Å². The van der Waals surface area contributed by atoms with Crippen LogP contribution in [0.3, 0.4) is 0 Å². The fourth-order valence-electron chi connectivity index (χ4n) is 1.43. The Bertz CT molecular complexity index is 446. The molecule has 0 N–H and O–H groups in total. The third-order valence-electron chi connectivity index (χ3n) is 2.45. The van der Waals surface area contributed by atoms with Gasteiger partial charge < -0.3 is 9.64 Å². The first-order chi connectivity index (χ1) is 7.99. The highest BCUT2D eigenvalue weighted by molar-refractivity contribution is 6.31. The van der Waals surface area contributed by atoms with Gasteiger partial charge in [0.15, 0.2) is 0 Å². The number of benzene rings is 1. The summed E-state index contributed by atoms with van der Waals surface area (Å²) in [5, 5.41) is 0.604. The van der Waals surface area contributed by atoms with Gasteiger partial charge in [0, 0.05) is 24.2 Å². The first kappa shape index (κ1) is 13.5. The number of aldehydes is 1. The van der Waals surface area contributed by atoms with Gasteiger partial charge in [0.2, 0.25) is 6.29 Å². The molecule has 0 aliphatic rings. The molecule has 0 aliphatic heterocycles. The summed E-state index contributed by atoms with van der Waals surface area (Å²) in [6.45, 7) is 2.15. The smallest absolute Gasteiger partial charge is 0.286 e. The van der Waals surface area contributed by atoms with E-state index in [-0.39, 0.29) is 12.8 Å². The van der Waals surface area contributed by atoms with Gasteiger partial charge in [0.05, 0.1) is 7.11 Å². The van der Waals surface area contributed by atoms with E-state index in [9.17, 15) is 9.59 Å². The molecule has 0 unspecified atom stereocenters. The number of nitrogens with zero attached hydrogens (tertiary/aromatic N) is 1. The van der Waals surface area contributed by atoms with Crippen LogP contribution in [0.15, 0.2) is 12.1 Å². The Balaban J connectivity index is 3.01. The molecule has 0 saturated heterocycles. The largest absolute Gasteiger partial charge is 0.496 e. The van der Waals surface area contributed by atoms with Crippen LogP contribution in [0.1, 0.15) is 11.1 Å². The van der Waals surface area contributed by atoms with Crippen molar-refractivity contribution in [2.24, 2.45) is 0 Å². The van der Waals surface area contributed by atoms with Crippen LogP contribution in [0.5, 0.6) is 5.75 Å². The van der Waals surface area contributed by atoms with Crippen molar-refractivity contribution >= 4 is 23.8 Å². The molecule has 1 aromatic carbocycles. The van der Waals surface area contributed by atoms with Gasteiger partial charge in [-0.2, -0.15) is 0 Å². The fourth-order valence-corrected chi connectivity index (χ4v) is 1.62. The molecular weight excluding hydrogens is 242 g/mol. The molecule has 0 aliphatic carbocycles. The number of hydrogen-bond donors (Lipinski definition) is 0. The van der Waals surface area contributed by atoms with Crippen LogP contribution in [0.2, 0.25) is 5.02 Å². The quantitative estimate of drug-likeness (QED) is 0.609. The third-order valence-corrected chi connectivity index (χ3v) is 2.85. The monoisotopic (exact) mass is 255 g/mol. The van der Waals surface area contributed by atoms with Gasteiger partial charge in [0.25, 0.3) is 5.91 Å². The summed E-state index contributed by atoms with van der Waals surface area (Å²) in [7, 11) is 3.09. The summed E-state index contributed by atoms with van der Waals surface area (Å²) in [6.07, 6.45) is 0.280. The minimum absolute atomic E-state index is 0.279. The zero-order valence-corrected chi connectivity index (χ0v) is 10.7. The van der Waals surface area contributed by atoms with Crippen molar-refractivity contribution in [1.82, 2.24) is 4.90 Å². The highest BCUT2D eigenvalue weighted by Gasteiger charge is 2.12. The van der Waals surface area contributed by atoms with Crippen molar-refractivity contribution in [2.75, 3.05) is 14.2 Å². The van der Waals surface area contributed by atoms with E-state index in [2.05, 4.69) is 0 Å². The molecule has 0 spiro atoms. The lowest BCUT2D eigenvalue weighted by atomic mass is 10.1. The predicted octanol–water partition coefficient (Wildman–Crippen LogP) is 1.81. The maximum absolute atomic E-state index is 11.2. The van der Waals surface area contributed by atoms with Gasteiger partial charge >= 0.3 is 0 Å². The average molecular weight is 256 g/mol. The molecule has 0 aromatic heterocycles. The summed E-state index contributed by atoms with van der Waals surface area (Å²) >= 11 is 6.01. The van der Waals surface area contributed by atoms with E-state index in [1.807, 2.05) is 6.92 Å². The van der Waals surface area contributed by atoms with Gasteiger partial charge in [-0.05, 0) is 24.6 Å². The van der Waals surface area contributed by atoms with E-state index in [0.29, 0.717) is 10.8 Å². The summed E-state index contributed by atoms with van der Waals surface area (Å²) in [6, 6.07) is 3.54. The first-order valence-electron chi connectivity index (χ1n) is 5.03. The standard InChI is InChI=1S/C12H14ClNO3/c1-8-4-11(17-3)9(5-10(8)13)6-14(2)12(16)7-15/h4-5,7H,6H2,1-3H3. The topological polar surface area (TPSA) is 46.6 Å². The summed E-state index contributed by atoms with van der Waals surface area (Å²) in [5.41, 5.74) is 1.66. The Kier molecular flexibility index (Phi) is 4.52. The molecule has 0 radical (unpaired) electrons. The normalized spacial score (nSPS) is 9.88. The minimum Gasteiger partial charge on any atom is -0.496 e. The maximum Gasteiger partial charge on any atom is 0.286 e. The Hall–Kier alpha value is -1.55. The SMILES string of the molecule is COc1cc(C)c(Cl)cc1CN(C)C(=O)C=O. The van der Waals surface area contributed by atoms with Crippen molar-refractivity contribution in [1.29, 1.82) is 0 Å². The number of halogens is 1. The molecule has 0 fully saturated rings. The van der Waals surface area contributed by atoms with Crippen molar-refractivity contribution in [2.45, 2.75) is 13.5 Å². The molecular formula is C12H14ClNO3. The van der Waals surface area contributed by atoms with Gasteiger partial charge in [0.1, 0.15) is 5.75 Å². The molecule has 17 heavy (non-hydrogen) atoms. The van der Waals surface area contributed by atoms with Crippen LogP contribution in [-0.4, -0.2) is 31.3 Å². The van der Waals surface area contributed by atoms with Crippen LogP contribution >= 0.6 is 11.6 Å². The molecule has 4 nitrogen and oxygen atoms in total. The summed E-state index contributed by atoms with van der Waals surface area (Å²) in [4.78, 5) is 22.8. The number of aryl methyl sites for hydroxylation is 1. The molecule has 1 amide bonds.